The summed E-state index contributed by atoms with van der Waals surface area (Å²) < 4.78 is 5.54. The number of nitrogen functional groups attached to an aromatic ring is 1. The Morgan fingerprint density at radius 2 is 2.00 bits per heavy atom. The summed E-state index contributed by atoms with van der Waals surface area (Å²) in [4.78, 5) is 6.47. The summed E-state index contributed by atoms with van der Waals surface area (Å²) in [6.07, 6.45) is 0. The predicted octanol–water partition coefficient (Wildman–Crippen LogP) is 2.51. The second kappa shape index (κ2) is 4.49. The molecule has 0 spiro atoms. The lowest BCUT2D eigenvalue weighted by Gasteiger charge is -2.17. The molecule has 0 aliphatic heterocycles. The van der Waals surface area contributed by atoms with Crippen molar-refractivity contribution in [2.45, 2.75) is 20.4 Å². The Morgan fingerprint density at radius 3 is 2.59 bits per heavy atom. The highest BCUT2D eigenvalue weighted by atomic mass is 16.3. The highest BCUT2D eigenvalue weighted by Crippen LogP contribution is 2.17. The number of nitrogens with two attached hydrogens (primary N) is 1. The van der Waals surface area contributed by atoms with Gasteiger partial charge in [0.1, 0.15) is 17.3 Å². The maximum atomic E-state index is 5.75. The molecule has 0 bridgehead atoms. The summed E-state index contributed by atoms with van der Waals surface area (Å²) in [7, 11) is 1.98. The summed E-state index contributed by atoms with van der Waals surface area (Å²) in [6.45, 7) is 4.54. The molecule has 0 saturated carbocycles. The van der Waals surface area contributed by atoms with Gasteiger partial charge in [0.2, 0.25) is 0 Å². The van der Waals surface area contributed by atoms with Crippen LogP contribution in [0.3, 0.4) is 0 Å². The van der Waals surface area contributed by atoms with Gasteiger partial charge in [-0.3, -0.25) is 0 Å². The zero-order valence-electron chi connectivity index (χ0n) is 10.4. The maximum absolute atomic E-state index is 5.75. The molecule has 0 unspecified atom stereocenters. The lowest BCUT2D eigenvalue weighted by molar-refractivity contribution is 0.481. The Labute approximate surface area is 101 Å². The molecule has 4 heteroatoms. The average Bonchev–Trinajstić information content (AvgIpc) is 2.68. The Hall–Kier alpha value is -1.97. The first-order chi connectivity index (χ1) is 8.06. The van der Waals surface area contributed by atoms with Crippen LogP contribution in [0.4, 0.5) is 11.5 Å². The molecule has 2 N–H and O–H groups in total. The fourth-order valence-corrected chi connectivity index (χ4v) is 1.66. The minimum absolute atomic E-state index is 0.699. The maximum Gasteiger partial charge on any atom is 0.129 e. The first kappa shape index (κ1) is 11.5. The number of hydrogen-bond acceptors (Lipinski definition) is 4. The molecule has 4 nitrogen and oxygen atoms in total. The number of aromatic nitrogens is 1. The molecule has 0 aliphatic rings. The highest BCUT2D eigenvalue weighted by molar-refractivity contribution is 5.50. The second-order valence-electron chi connectivity index (χ2n) is 4.21. The molecule has 0 fully saturated rings. The summed E-state index contributed by atoms with van der Waals surface area (Å²) in [6, 6.07) is 7.74. The van der Waals surface area contributed by atoms with Gasteiger partial charge in [0.05, 0.1) is 17.9 Å². The first-order valence-corrected chi connectivity index (χ1v) is 5.56. The van der Waals surface area contributed by atoms with Crippen molar-refractivity contribution in [3.8, 4) is 0 Å². The Kier molecular flexibility index (Phi) is 3.04. The molecule has 0 aliphatic carbocycles. The van der Waals surface area contributed by atoms with E-state index in [4.69, 9.17) is 10.2 Å². The van der Waals surface area contributed by atoms with E-state index < -0.39 is 0 Å². The first-order valence-electron chi connectivity index (χ1n) is 5.56. The molecule has 0 atom stereocenters. The van der Waals surface area contributed by atoms with Gasteiger partial charge < -0.3 is 15.1 Å². The van der Waals surface area contributed by atoms with Crippen molar-refractivity contribution >= 4 is 11.5 Å². The molecule has 0 amide bonds. The highest BCUT2D eigenvalue weighted by Gasteiger charge is 2.07. The van der Waals surface area contributed by atoms with E-state index in [-0.39, 0.29) is 0 Å². The van der Waals surface area contributed by atoms with Crippen molar-refractivity contribution in [2.24, 2.45) is 0 Å². The van der Waals surface area contributed by atoms with E-state index >= 15 is 0 Å². The molecule has 2 aromatic heterocycles. The van der Waals surface area contributed by atoms with E-state index in [1.807, 2.05) is 50.1 Å². The molecular formula is C13H17N3O. The van der Waals surface area contributed by atoms with Crippen molar-refractivity contribution in [3.63, 3.8) is 0 Å². The van der Waals surface area contributed by atoms with Crippen molar-refractivity contribution in [2.75, 3.05) is 17.7 Å². The van der Waals surface area contributed by atoms with Crippen LogP contribution in [-0.4, -0.2) is 12.0 Å². The number of anilines is 2. The third kappa shape index (κ3) is 2.58. The minimum Gasteiger partial charge on any atom is -0.464 e. The molecule has 2 rings (SSSR count). The van der Waals surface area contributed by atoms with Crippen LogP contribution < -0.4 is 10.6 Å². The molecule has 2 heterocycles. The second-order valence-corrected chi connectivity index (χ2v) is 4.21. The van der Waals surface area contributed by atoms with Crippen LogP contribution in [0, 0.1) is 13.8 Å². The normalized spacial score (nSPS) is 10.5. The third-order valence-electron chi connectivity index (χ3n) is 2.69. The standard InChI is InChI=1S/C13H17N3O/c1-9-4-5-11(17-9)8-16(3)13-7-6-12(14)10(2)15-13/h4-7H,8,14H2,1-3H3. The zero-order chi connectivity index (χ0) is 12.4. The number of hydrogen-bond donors (Lipinski definition) is 1. The molecule has 0 radical (unpaired) electrons. The number of nitrogens with zero attached hydrogens (tertiary/aromatic N) is 2. The summed E-state index contributed by atoms with van der Waals surface area (Å²) in [5.41, 5.74) is 7.32. The van der Waals surface area contributed by atoms with E-state index in [1.165, 1.54) is 0 Å². The number of pyridine rings is 1. The molecule has 90 valence electrons. The van der Waals surface area contributed by atoms with Gasteiger partial charge >= 0.3 is 0 Å². The van der Waals surface area contributed by atoms with Gasteiger partial charge in [-0.15, -0.1) is 0 Å². The molecule has 2 aromatic rings. The van der Waals surface area contributed by atoms with Gasteiger partial charge in [0.25, 0.3) is 0 Å². The summed E-state index contributed by atoms with van der Waals surface area (Å²) >= 11 is 0. The fraction of sp³-hybridized carbons (Fsp3) is 0.308. The van der Waals surface area contributed by atoms with Gasteiger partial charge in [-0.05, 0) is 38.1 Å². The quantitative estimate of drug-likeness (QED) is 0.881. The third-order valence-corrected chi connectivity index (χ3v) is 2.69. The summed E-state index contributed by atoms with van der Waals surface area (Å²) in [5, 5.41) is 0. The van der Waals surface area contributed by atoms with Crippen molar-refractivity contribution < 1.29 is 4.42 Å². The molecule has 0 aromatic carbocycles. The molecule has 0 saturated heterocycles. The zero-order valence-corrected chi connectivity index (χ0v) is 10.4. The van der Waals surface area contributed by atoms with Crippen LogP contribution in [-0.2, 0) is 6.54 Å². The topological polar surface area (TPSA) is 55.3 Å². The van der Waals surface area contributed by atoms with Crippen LogP contribution in [0.2, 0.25) is 0 Å². The number of furan rings is 1. The van der Waals surface area contributed by atoms with E-state index in [1.54, 1.807) is 0 Å². The lowest BCUT2D eigenvalue weighted by Crippen LogP contribution is -2.17. The van der Waals surface area contributed by atoms with E-state index in [2.05, 4.69) is 4.98 Å². The van der Waals surface area contributed by atoms with Gasteiger partial charge in [0.15, 0.2) is 0 Å². The van der Waals surface area contributed by atoms with Crippen LogP contribution in [0.25, 0.3) is 0 Å². The largest absolute Gasteiger partial charge is 0.464 e. The van der Waals surface area contributed by atoms with Crippen LogP contribution in [0.5, 0.6) is 0 Å². The van der Waals surface area contributed by atoms with Crippen LogP contribution in [0.15, 0.2) is 28.7 Å². The smallest absolute Gasteiger partial charge is 0.129 e. The molecular weight excluding hydrogens is 214 g/mol. The van der Waals surface area contributed by atoms with Crippen LogP contribution in [0.1, 0.15) is 17.2 Å². The van der Waals surface area contributed by atoms with E-state index in [9.17, 15) is 0 Å². The van der Waals surface area contributed by atoms with Crippen LogP contribution >= 0.6 is 0 Å². The number of aryl methyl sites for hydroxylation is 2. The molecule has 17 heavy (non-hydrogen) atoms. The Balaban J connectivity index is 2.14. The summed E-state index contributed by atoms with van der Waals surface area (Å²) in [5.74, 6) is 2.75. The monoisotopic (exact) mass is 231 g/mol. The predicted molar refractivity (Wildman–Crippen MR) is 68.9 cm³/mol. The lowest BCUT2D eigenvalue weighted by atomic mass is 10.3. The van der Waals surface area contributed by atoms with Gasteiger partial charge in [-0.1, -0.05) is 0 Å². The Morgan fingerprint density at radius 1 is 1.24 bits per heavy atom. The van der Waals surface area contributed by atoms with Crippen molar-refractivity contribution in [3.05, 3.63) is 41.5 Å². The van der Waals surface area contributed by atoms with E-state index in [0.717, 1.165) is 28.7 Å². The average molecular weight is 231 g/mol. The minimum atomic E-state index is 0.699. The van der Waals surface area contributed by atoms with E-state index in [0.29, 0.717) is 6.54 Å². The van der Waals surface area contributed by atoms with Gasteiger partial charge in [-0.25, -0.2) is 4.98 Å². The van der Waals surface area contributed by atoms with Crippen molar-refractivity contribution in [1.82, 2.24) is 4.98 Å². The van der Waals surface area contributed by atoms with Crippen molar-refractivity contribution in [1.29, 1.82) is 0 Å². The van der Waals surface area contributed by atoms with Gasteiger partial charge in [-0.2, -0.15) is 0 Å². The number of rotatable bonds is 3. The Bertz CT molecular complexity index is 519. The van der Waals surface area contributed by atoms with Gasteiger partial charge in [0, 0.05) is 7.05 Å². The fourth-order valence-electron chi connectivity index (χ4n) is 1.66. The SMILES string of the molecule is Cc1ccc(CN(C)c2ccc(N)c(C)n2)o1.